The van der Waals surface area contributed by atoms with Gasteiger partial charge in [-0.15, -0.1) is 0 Å². The molecular formula is C11H14BrNO3S. The van der Waals surface area contributed by atoms with E-state index in [1.54, 1.807) is 18.2 Å². The molecule has 0 bridgehead atoms. The van der Waals surface area contributed by atoms with Crippen LogP contribution < -0.4 is 5.73 Å². The lowest BCUT2D eigenvalue weighted by Gasteiger charge is -2.20. The highest BCUT2D eigenvalue weighted by Gasteiger charge is 2.42. The van der Waals surface area contributed by atoms with E-state index < -0.39 is 19.3 Å². The van der Waals surface area contributed by atoms with E-state index in [0.717, 1.165) is 0 Å². The summed E-state index contributed by atoms with van der Waals surface area (Å²) in [6, 6.07) is 6.26. The molecule has 1 aromatic rings. The molecule has 0 spiro atoms. The summed E-state index contributed by atoms with van der Waals surface area (Å²) < 4.78 is 22.0. The van der Waals surface area contributed by atoms with Crippen LogP contribution in [0.2, 0.25) is 0 Å². The van der Waals surface area contributed by atoms with Gasteiger partial charge in [-0.2, -0.15) is 0 Å². The zero-order valence-corrected chi connectivity index (χ0v) is 12.0. The normalized spacial score (nSPS) is 15.2. The number of carbonyl (C=O) groups excluding carboxylic acids is 1. The van der Waals surface area contributed by atoms with Crippen molar-refractivity contribution in [2.75, 3.05) is 11.5 Å². The molecule has 2 N–H and O–H groups in total. The van der Waals surface area contributed by atoms with E-state index in [0.29, 0.717) is 5.69 Å². The summed E-state index contributed by atoms with van der Waals surface area (Å²) in [6.07, 6.45) is 0. The van der Waals surface area contributed by atoms with Gasteiger partial charge in [0.25, 0.3) is 0 Å². The van der Waals surface area contributed by atoms with Crippen LogP contribution in [0.3, 0.4) is 0 Å². The molecule has 0 fully saturated rings. The maximum absolute atomic E-state index is 12.1. The van der Waals surface area contributed by atoms with Crippen molar-refractivity contribution in [3.05, 3.63) is 29.8 Å². The topological polar surface area (TPSA) is 77.2 Å². The predicted octanol–water partition coefficient (Wildman–Crippen LogP) is 2.00. The summed E-state index contributed by atoms with van der Waals surface area (Å²) >= 11 is 3.01. The SMILES string of the molecule is CCS(=O)(=O)[C@](C)(Br)C(=O)c1cccc(N)c1. The number of anilines is 1. The molecule has 0 saturated heterocycles. The van der Waals surface area contributed by atoms with Crippen molar-refractivity contribution in [1.82, 2.24) is 0 Å². The van der Waals surface area contributed by atoms with Crippen molar-refractivity contribution in [2.24, 2.45) is 0 Å². The number of alkyl halides is 1. The Balaban J connectivity index is 3.23. The Hall–Kier alpha value is -0.880. The average molecular weight is 320 g/mol. The van der Waals surface area contributed by atoms with Crippen LogP contribution in [0.15, 0.2) is 24.3 Å². The smallest absolute Gasteiger partial charge is 0.194 e. The van der Waals surface area contributed by atoms with E-state index in [9.17, 15) is 13.2 Å². The maximum Gasteiger partial charge on any atom is 0.194 e. The summed E-state index contributed by atoms with van der Waals surface area (Å²) in [6.45, 7) is 2.85. The van der Waals surface area contributed by atoms with Crippen molar-refractivity contribution in [3.8, 4) is 0 Å². The van der Waals surface area contributed by atoms with Gasteiger partial charge in [0, 0.05) is 17.0 Å². The highest BCUT2D eigenvalue weighted by atomic mass is 79.9. The molecule has 0 aliphatic carbocycles. The minimum atomic E-state index is -3.53. The first-order valence-electron chi connectivity index (χ1n) is 5.04. The maximum atomic E-state index is 12.1. The Labute approximate surface area is 109 Å². The molecule has 1 aromatic carbocycles. The number of nitrogen functional groups attached to an aromatic ring is 1. The molecule has 1 rings (SSSR count). The second-order valence-corrected chi connectivity index (χ2v) is 8.51. The van der Waals surface area contributed by atoms with Crippen LogP contribution in [-0.2, 0) is 9.84 Å². The molecule has 94 valence electrons. The summed E-state index contributed by atoms with van der Waals surface area (Å²) in [5, 5.41) is 0. The Morgan fingerprint density at radius 1 is 1.47 bits per heavy atom. The second kappa shape index (κ2) is 4.78. The molecule has 17 heavy (non-hydrogen) atoms. The third kappa shape index (κ3) is 2.69. The van der Waals surface area contributed by atoms with E-state index in [-0.39, 0.29) is 11.3 Å². The Morgan fingerprint density at radius 3 is 2.53 bits per heavy atom. The van der Waals surface area contributed by atoms with Crippen molar-refractivity contribution in [3.63, 3.8) is 0 Å². The number of rotatable bonds is 4. The first-order chi connectivity index (χ1) is 7.72. The summed E-state index contributed by atoms with van der Waals surface area (Å²) in [7, 11) is -3.53. The van der Waals surface area contributed by atoms with Crippen LogP contribution in [0.5, 0.6) is 0 Å². The number of halogens is 1. The van der Waals surface area contributed by atoms with Crippen molar-refractivity contribution in [1.29, 1.82) is 0 Å². The molecule has 0 aromatic heterocycles. The van der Waals surface area contributed by atoms with Gasteiger partial charge < -0.3 is 5.73 Å². The highest BCUT2D eigenvalue weighted by molar-refractivity contribution is 9.12. The molecular weight excluding hydrogens is 306 g/mol. The first-order valence-corrected chi connectivity index (χ1v) is 7.48. The molecule has 4 nitrogen and oxygen atoms in total. The Morgan fingerprint density at radius 2 is 2.06 bits per heavy atom. The van der Waals surface area contributed by atoms with E-state index >= 15 is 0 Å². The van der Waals surface area contributed by atoms with Crippen LogP contribution in [0, 0.1) is 0 Å². The van der Waals surface area contributed by atoms with Gasteiger partial charge in [-0.05, 0) is 19.1 Å². The second-order valence-electron chi connectivity index (χ2n) is 3.77. The minimum absolute atomic E-state index is 0.108. The molecule has 0 amide bonds. The van der Waals surface area contributed by atoms with Crippen LogP contribution in [0.4, 0.5) is 5.69 Å². The third-order valence-corrected chi connectivity index (χ3v) is 6.47. The van der Waals surface area contributed by atoms with Gasteiger partial charge in [-0.1, -0.05) is 35.0 Å². The largest absolute Gasteiger partial charge is 0.399 e. The fraction of sp³-hybridized carbons (Fsp3) is 0.364. The highest BCUT2D eigenvalue weighted by Crippen LogP contribution is 2.30. The Kier molecular flexibility index (Phi) is 3.99. The molecule has 6 heteroatoms. The van der Waals surface area contributed by atoms with Crippen molar-refractivity contribution < 1.29 is 13.2 Å². The molecule has 0 heterocycles. The van der Waals surface area contributed by atoms with Crippen LogP contribution in [-0.4, -0.2) is 23.6 Å². The summed E-state index contributed by atoms with van der Waals surface area (Å²) in [4.78, 5) is 12.1. The van der Waals surface area contributed by atoms with Crippen LogP contribution >= 0.6 is 15.9 Å². The number of benzene rings is 1. The minimum Gasteiger partial charge on any atom is -0.399 e. The zero-order chi connectivity index (χ0) is 13.3. The number of hydrogen-bond donors (Lipinski definition) is 1. The molecule has 0 saturated carbocycles. The van der Waals surface area contributed by atoms with E-state index in [1.807, 2.05) is 0 Å². The van der Waals surface area contributed by atoms with Crippen LogP contribution in [0.25, 0.3) is 0 Å². The zero-order valence-electron chi connectivity index (χ0n) is 9.60. The van der Waals surface area contributed by atoms with Crippen LogP contribution in [0.1, 0.15) is 24.2 Å². The van der Waals surface area contributed by atoms with E-state index in [1.165, 1.54) is 19.9 Å². The molecule has 0 aliphatic rings. The Bertz CT molecular complexity index is 537. The van der Waals surface area contributed by atoms with Gasteiger partial charge in [0.05, 0.1) is 0 Å². The number of carbonyl (C=O) groups is 1. The van der Waals surface area contributed by atoms with Gasteiger partial charge >= 0.3 is 0 Å². The molecule has 0 radical (unpaired) electrons. The number of nitrogens with two attached hydrogens (primary N) is 1. The lowest BCUT2D eigenvalue weighted by molar-refractivity contribution is 0.0983. The average Bonchev–Trinajstić information content (AvgIpc) is 2.27. The predicted molar refractivity (Wildman–Crippen MR) is 72.0 cm³/mol. The molecule has 0 unspecified atom stereocenters. The molecule has 1 atom stereocenters. The fourth-order valence-electron chi connectivity index (χ4n) is 1.35. The van der Waals surface area contributed by atoms with Crippen molar-refractivity contribution >= 4 is 37.2 Å². The lowest BCUT2D eigenvalue weighted by atomic mass is 10.1. The number of sulfone groups is 1. The standard InChI is InChI=1S/C11H14BrNO3S/c1-3-17(15,16)11(2,12)10(14)8-5-4-6-9(13)7-8/h4-7H,3,13H2,1-2H3/t11-/m0/s1. The van der Waals surface area contributed by atoms with Gasteiger partial charge in [-0.25, -0.2) is 8.42 Å². The van der Waals surface area contributed by atoms with Gasteiger partial charge in [-0.3, -0.25) is 4.79 Å². The summed E-state index contributed by atoms with van der Waals surface area (Å²) in [5.74, 6) is -0.616. The number of ketones is 1. The quantitative estimate of drug-likeness (QED) is 0.523. The lowest BCUT2D eigenvalue weighted by Crippen LogP contribution is -2.38. The third-order valence-electron chi connectivity index (χ3n) is 2.52. The van der Waals surface area contributed by atoms with Gasteiger partial charge in [0.15, 0.2) is 19.3 Å². The summed E-state index contributed by atoms with van der Waals surface area (Å²) in [5.41, 5.74) is 6.27. The van der Waals surface area contributed by atoms with E-state index in [4.69, 9.17) is 5.73 Å². The first kappa shape index (κ1) is 14.2. The molecule has 0 aliphatic heterocycles. The number of Topliss-reactive ketones (excluding diaryl/α,β-unsaturated/α-hetero) is 1. The monoisotopic (exact) mass is 319 g/mol. The van der Waals surface area contributed by atoms with Gasteiger partial charge in [0.1, 0.15) is 0 Å². The number of hydrogen-bond acceptors (Lipinski definition) is 4. The van der Waals surface area contributed by atoms with Gasteiger partial charge in [0.2, 0.25) is 0 Å². The fourth-order valence-corrected chi connectivity index (χ4v) is 3.21. The van der Waals surface area contributed by atoms with Crippen molar-refractivity contribution in [2.45, 2.75) is 17.5 Å². The van der Waals surface area contributed by atoms with E-state index in [2.05, 4.69) is 15.9 Å².